The van der Waals surface area contributed by atoms with Gasteiger partial charge in [-0.1, -0.05) is 0 Å². The first kappa shape index (κ1) is 10.3. The monoisotopic (exact) mass is 200 g/mol. The Morgan fingerprint density at radius 3 is 2.50 bits per heavy atom. The van der Waals surface area contributed by atoms with Gasteiger partial charge < -0.3 is 10.4 Å². The lowest BCUT2D eigenvalue weighted by Gasteiger charge is -2.09. The SMILES string of the molecule is CNc1cc(F)c(C(=O)O)cc1NO. The first-order valence-corrected chi connectivity index (χ1v) is 3.75. The molecule has 0 spiro atoms. The van der Waals surface area contributed by atoms with E-state index in [1.54, 1.807) is 5.48 Å². The molecule has 0 heterocycles. The quantitative estimate of drug-likeness (QED) is 0.554. The Hall–Kier alpha value is -1.82. The van der Waals surface area contributed by atoms with Crippen LogP contribution in [0.4, 0.5) is 15.8 Å². The lowest BCUT2D eigenvalue weighted by molar-refractivity contribution is 0.0692. The van der Waals surface area contributed by atoms with Crippen molar-refractivity contribution in [1.29, 1.82) is 0 Å². The van der Waals surface area contributed by atoms with E-state index in [-0.39, 0.29) is 11.4 Å². The van der Waals surface area contributed by atoms with Gasteiger partial charge >= 0.3 is 5.97 Å². The summed E-state index contributed by atoms with van der Waals surface area (Å²) < 4.78 is 13.1. The smallest absolute Gasteiger partial charge is 0.338 e. The Bertz CT molecular complexity index is 368. The molecule has 1 aromatic carbocycles. The van der Waals surface area contributed by atoms with Crippen LogP contribution in [0.5, 0.6) is 0 Å². The molecule has 1 aromatic rings. The predicted molar refractivity (Wildman–Crippen MR) is 48.3 cm³/mol. The van der Waals surface area contributed by atoms with Crippen molar-refractivity contribution in [3.8, 4) is 0 Å². The highest BCUT2D eigenvalue weighted by Crippen LogP contribution is 2.24. The number of anilines is 2. The maximum Gasteiger partial charge on any atom is 0.338 e. The summed E-state index contributed by atoms with van der Waals surface area (Å²) in [7, 11) is 1.52. The van der Waals surface area contributed by atoms with Gasteiger partial charge in [0.25, 0.3) is 0 Å². The Morgan fingerprint density at radius 1 is 1.43 bits per heavy atom. The number of hydrogen-bond acceptors (Lipinski definition) is 4. The number of nitrogens with one attached hydrogen (secondary N) is 2. The van der Waals surface area contributed by atoms with Gasteiger partial charge in [0.15, 0.2) is 0 Å². The summed E-state index contributed by atoms with van der Waals surface area (Å²) in [6, 6.07) is 1.99. The molecule has 0 aromatic heterocycles. The van der Waals surface area contributed by atoms with E-state index in [2.05, 4.69) is 5.32 Å². The van der Waals surface area contributed by atoms with Crippen molar-refractivity contribution in [3.63, 3.8) is 0 Å². The zero-order chi connectivity index (χ0) is 10.7. The fourth-order valence-electron chi connectivity index (χ4n) is 1.04. The molecule has 0 amide bonds. The standard InChI is InChI=1S/C8H9FN2O3/c1-10-6-3-5(9)4(8(12)13)2-7(6)11-14/h2-3,10-11,14H,1H3,(H,12,13). The lowest BCUT2D eigenvalue weighted by Crippen LogP contribution is -2.05. The predicted octanol–water partition coefficient (Wildman–Crippen LogP) is 1.37. The van der Waals surface area contributed by atoms with Crippen LogP contribution in [0.25, 0.3) is 0 Å². The van der Waals surface area contributed by atoms with E-state index in [1.807, 2.05) is 0 Å². The molecule has 0 aliphatic heterocycles. The molecule has 0 aliphatic carbocycles. The van der Waals surface area contributed by atoms with Crippen LogP contribution < -0.4 is 10.8 Å². The summed E-state index contributed by atoms with van der Waals surface area (Å²) in [4.78, 5) is 10.5. The summed E-state index contributed by atoms with van der Waals surface area (Å²) in [5.74, 6) is -2.25. The Balaban J connectivity index is 3.30. The number of carboxylic acid groups (broad SMARTS) is 1. The largest absolute Gasteiger partial charge is 0.478 e. The maximum absolute atomic E-state index is 13.1. The molecule has 0 atom stereocenters. The summed E-state index contributed by atoms with van der Waals surface area (Å²) in [5, 5.41) is 19.8. The van der Waals surface area contributed by atoms with Crippen LogP contribution in [0, 0.1) is 5.82 Å². The second-order valence-corrected chi connectivity index (χ2v) is 2.54. The zero-order valence-corrected chi connectivity index (χ0v) is 7.34. The third-order valence-corrected chi connectivity index (χ3v) is 1.73. The van der Waals surface area contributed by atoms with Crippen LogP contribution >= 0.6 is 0 Å². The molecule has 0 bridgehead atoms. The molecule has 0 unspecified atom stereocenters. The normalized spacial score (nSPS) is 9.64. The van der Waals surface area contributed by atoms with Crippen molar-refractivity contribution in [2.75, 3.05) is 17.8 Å². The molecule has 14 heavy (non-hydrogen) atoms. The number of rotatable bonds is 3. The van der Waals surface area contributed by atoms with E-state index in [0.717, 1.165) is 12.1 Å². The number of halogens is 1. The number of hydrogen-bond donors (Lipinski definition) is 4. The van der Waals surface area contributed by atoms with Gasteiger partial charge in [0, 0.05) is 13.1 Å². The average molecular weight is 200 g/mol. The fraction of sp³-hybridized carbons (Fsp3) is 0.125. The van der Waals surface area contributed by atoms with Gasteiger partial charge in [-0.3, -0.25) is 10.7 Å². The molecule has 0 saturated carbocycles. The molecular formula is C8H9FN2O3. The summed E-state index contributed by atoms with van der Waals surface area (Å²) in [6.07, 6.45) is 0. The average Bonchev–Trinajstić information content (AvgIpc) is 2.16. The van der Waals surface area contributed by atoms with Gasteiger partial charge in [0.2, 0.25) is 0 Å². The topological polar surface area (TPSA) is 81.6 Å². The van der Waals surface area contributed by atoms with Crippen molar-refractivity contribution in [2.24, 2.45) is 0 Å². The van der Waals surface area contributed by atoms with E-state index >= 15 is 0 Å². The van der Waals surface area contributed by atoms with Crippen LogP contribution in [0.15, 0.2) is 12.1 Å². The minimum atomic E-state index is -1.39. The van der Waals surface area contributed by atoms with Gasteiger partial charge in [0.1, 0.15) is 5.82 Å². The minimum Gasteiger partial charge on any atom is -0.478 e. The van der Waals surface area contributed by atoms with Crippen LogP contribution in [0.1, 0.15) is 10.4 Å². The summed E-state index contributed by atoms with van der Waals surface area (Å²) in [6.45, 7) is 0. The molecule has 5 nitrogen and oxygen atoms in total. The maximum atomic E-state index is 13.1. The molecule has 4 N–H and O–H groups in total. The van der Waals surface area contributed by atoms with Crippen molar-refractivity contribution in [1.82, 2.24) is 0 Å². The van der Waals surface area contributed by atoms with Crippen LogP contribution in [0.3, 0.4) is 0 Å². The van der Waals surface area contributed by atoms with E-state index in [0.29, 0.717) is 0 Å². The second-order valence-electron chi connectivity index (χ2n) is 2.54. The number of carboxylic acids is 1. The number of carbonyl (C=O) groups is 1. The number of benzene rings is 1. The van der Waals surface area contributed by atoms with Gasteiger partial charge in [-0.25, -0.2) is 9.18 Å². The van der Waals surface area contributed by atoms with E-state index < -0.39 is 17.3 Å². The summed E-state index contributed by atoms with van der Waals surface area (Å²) in [5.41, 5.74) is 1.65. The van der Waals surface area contributed by atoms with E-state index in [9.17, 15) is 9.18 Å². The third-order valence-electron chi connectivity index (χ3n) is 1.73. The van der Waals surface area contributed by atoms with Crippen molar-refractivity contribution >= 4 is 17.3 Å². The van der Waals surface area contributed by atoms with Crippen LogP contribution in [0.2, 0.25) is 0 Å². The molecule has 0 fully saturated rings. The second kappa shape index (κ2) is 3.93. The van der Waals surface area contributed by atoms with Gasteiger partial charge in [-0.05, 0) is 6.07 Å². The van der Waals surface area contributed by atoms with E-state index in [4.69, 9.17) is 10.3 Å². The van der Waals surface area contributed by atoms with Crippen molar-refractivity contribution in [3.05, 3.63) is 23.5 Å². The third kappa shape index (κ3) is 1.74. The Labute approximate surface area is 79.1 Å². The first-order chi connectivity index (χ1) is 6.60. The fourth-order valence-corrected chi connectivity index (χ4v) is 1.04. The molecule has 6 heteroatoms. The minimum absolute atomic E-state index is 0.103. The zero-order valence-electron chi connectivity index (χ0n) is 7.34. The first-order valence-electron chi connectivity index (χ1n) is 3.75. The highest BCUT2D eigenvalue weighted by molar-refractivity contribution is 5.91. The highest BCUT2D eigenvalue weighted by atomic mass is 19.1. The number of aromatic carboxylic acids is 1. The molecule has 0 radical (unpaired) electrons. The van der Waals surface area contributed by atoms with E-state index in [1.165, 1.54) is 7.05 Å². The molecular weight excluding hydrogens is 191 g/mol. The van der Waals surface area contributed by atoms with Gasteiger partial charge in [-0.2, -0.15) is 0 Å². The van der Waals surface area contributed by atoms with Crippen molar-refractivity contribution < 1.29 is 19.5 Å². The van der Waals surface area contributed by atoms with Crippen molar-refractivity contribution in [2.45, 2.75) is 0 Å². The molecule has 1 rings (SSSR count). The Kier molecular flexibility index (Phi) is 2.88. The Morgan fingerprint density at radius 2 is 2.07 bits per heavy atom. The van der Waals surface area contributed by atoms with Crippen LogP contribution in [-0.2, 0) is 0 Å². The van der Waals surface area contributed by atoms with Crippen LogP contribution in [-0.4, -0.2) is 23.3 Å². The summed E-state index contributed by atoms with van der Waals surface area (Å²) >= 11 is 0. The highest BCUT2D eigenvalue weighted by Gasteiger charge is 2.13. The molecule has 0 saturated heterocycles. The van der Waals surface area contributed by atoms with Gasteiger partial charge in [-0.15, -0.1) is 0 Å². The molecule has 76 valence electrons. The van der Waals surface area contributed by atoms with Gasteiger partial charge in [0.05, 0.1) is 16.9 Å². The molecule has 0 aliphatic rings. The lowest BCUT2D eigenvalue weighted by atomic mass is 10.1.